The predicted octanol–water partition coefficient (Wildman–Crippen LogP) is 0.00530. The van der Waals surface area contributed by atoms with E-state index in [9.17, 15) is 14.4 Å². The number of amides is 3. The first-order valence-corrected chi connectivity index (χ1v) is 6.06. The van der Waals surface area contributed by atoms with Crippen molar-refractivity contribution in [2.24, 2.45) is 11.8 Å². The number of rotatable bonds is 4. The summed E-state index contributed by atoms with van der Waals surface area (Å²) in [5.74, 6) is -1.56. The quantitative estimate of drug-likeness (QED) is 0.434. The summed E-state index contributed by atoms with van der Waals surface area (Å²) in [6, 6.07) is 0. The minimum absolute atomic E-state index is 0.249. The van der Waals surface area contributed by atoms with Gasteiger partial charge in [-0.3, -0.25) is 24.1 Å². The fourth-order valence-electron chi connectivity index (χ4n) is 2.35. The Morgan fingerprint density at radius 3 is 2.39 bits per heavy atom. The Kier molecular flexibility index (Phi) is 3.76. The van der Waals surface area contributed by atoms with Crippen molar-refractivity contribution in [1.29, 1.82) is 0 Å². The number of carbonyl (C=O) groups excluding carboxylic acids is 3. The molecule has 2 aliphatic rings. The Balaban J connectivity index is 2.00. The van der Waals surface area contributed by atoms with Crippen molar-refractivity contribution < 1.29 is 19.2 Å². The summed E-state index contributed by atoms with van der Waals surface area (Å²) >= 11 is 0. The van der Waals surface area contributed by atoms with Gasteiger partial charge in [-0.25, -0.2) is 5.48 Å². The Hall–Kier alpha value is -1.69. The third-order valence-corrected chi connectivity index (χ3v) is 3.23. The van der Waals surface area contributed by atoms with Crippen LogP contribution >= 0.6 is 0 Å². The molecule has 1 saturated heterocycles. The minimum Gasteiger partial charge on any atom is -0.274 e. The van der Waals surface area contributed by atoms with Gasteiger partial charge in [0.2, 0.25) is 11.8 Å². The average Bonchev–Trinajstić information content (AvgIpc) is 2.62. The molecular weight excluding hydrogens is 236 g/mol. The molecule has 0 radical (unpaired) electrons. The average molecular weight is 252 g/mol. The van der Waals surface area contributed by atoms with Crippen molar-refractivity contribution in [2.75, 3.05) is 13.2 Å². The molecule has 98 valence electrons. The molecular formula is C12H16N2O4. The normalized spacial score (nSPS) is 26.4. The fraction of sp³-hybridized carbons (Fsp3) is 0.583. The molecule has 0 spiro atoms. The van der Waals surface area contributed by atoms with Gasteiger partial charge in [-0.05, 0) is 19.8 Å². The molecule has 18 heavy (non-hydrogen) atoms. The van der Waals surface area contributed by atoms with Gasteiger partial charge in [0.15, 0.2) is 0 Å². The molecule has 1 aliphatic heterocycles. The SMILES string of the molecule is CCONC(=O)CN1C(=O)[C@@H]2CC=CC[C@H]2C1=O. The standard InChI is InChI=1S/C12H16N2O4/c1-2-18-13-10(15)7-14-11(16)8-5-3-4-6-9(8)12(14)17/h3-4,8-9H,2,5-7H2,1H3,(H,13,15)/t8-,9-/m1/s1. The van der Waals surface area contributed by atoms with E-state index in [2.05, 4.69) is 5.48 Å². The fourth-order valence-corrected chi connectivity index (χ4v) is 2.35. The number of imide groups is 1. The van der Waals surface area contributed by atoms with Gasteiger partial charge >= 0.3 is 0 Å². The number of nitrogens with one attached hydrogen (secondary N) is 1. The zero-order valence-electron chi connectivity index (χ0n) is 10.2. The van der Waals surface area contributed by atoms with Gasteiger partial charge in [0.25, 0.3) is 5.91 Å². The van der Waals surface area contributed by atoms with Gasteiger partial charge in [0, 0.05) is 0 Å². The molecule has 0 unspecified atom stereocenters. The van der Waals surface area contributed by atoms with E-state index >= 15 is 0 Å². The maximum atomic E-state index is 12.0. The van der Waals surface area contributed by atoms with Gasteiger partial charge in [-0.15, -0.1) is 0 Å². The monoisotopic (exact) mass is 252 g/mol. The first kappa shape index (κ1) is 12.8. The molecule has 1 N–H and O–H groups in total. The number of likely N-dealkylation sites (tertiary alicyclic amines) is 1. The van der Waals surface area contributed by atoms with E-state index in [1.807, 2.05) is 12.2 Å². The third kappa shape index (κ3) is 2.28. The molecule has 1 heterocycles. The van der Waals surface area contributed by atoms with Crippen LogP contribution in [0.15, 0.2) is 12.2 Å². The number of hydroxylamine groups is 1. The topological polar surface area (TPSA) is 75.7 Å². The highest BCUT2D eigenvalue weighted by Gasteiger charge is 2.47. The minimum atomic E-state index is -0.481. The molecule has 1 aliphatic carbocycles. The van der Waals surface area contributed by atoms with Crippen LogP contribution in [0.1, 0.15) is 19.8 Å². The lowest BCUT2D eigenvalue weighted by Crippen LogP contribution is -2.41. The van der Waals surface area contributed by atoms with Gasteiger partial charge in [0.1, 0.15) is 6.54 Å². The van der Waals surface area contributed by atoms with Crippen LogP contribution in [0.2, 0.25) is 0 Å². The van der Waals surface area contributed by atoms with Crippen LogP contribution in [0, 0.1) is 11.8 Å². The molecule has 1 fully saturated rings. The molecule has 0 bridgehead atoms. The van der Waals surface area contributed by atoms with Crippen molar-refractivity contribution in [3.63, 3.8) is 0 Å². The molecule has 0 aromatic carbocycles. The highest BCUT2D eigenvalue weighted by Crippen LogP contribution is 2.34. The largest absolute Gasteiger partial charge is 0.274 e. The van der Waals surface area contributed by atoms with Crippen LogP contribution in [-0.2, 0) is 19.2 Å². The molecule has 2 rings (SSSR count). The lowest BCUT2D eigenvalue weighted by Gasteiger charge is -2.14. The second-order valence-electron chi connectivity index (χ2n) is 4.38. The summed E-state index contributed by atoms with van der Waals surface area (Å²) in [4.78, 5) is 41.2. The van der Waals surface area contributed by atoms with Gasteiger partial charge in [-0.1, -0.05) is 12.2 Å². The summed E-state index contributed by atoms with van der Waals surface area (Å²) < 4.78 is 0. The second kappa shape index (κ2) is 5.30. The van der Waals surface area contributed by atoms with Crippen molar-refractivity contribution in [3.05, 3.63) is 12.2 Å². The van der Waals surface area contributed by atoms with E-state index in [0.29, 0.717) is 19.4 Å². The van der Waals surface area contributed by atoms with Gasteiger partial charge in [-0.2, -0.15) is 0 Å². The number of fused-ring (bicyclic) bond motifs is 1. The maximum absolute atomic E-state index is 12.0. The molecule has 2 atom stereocenters. The molecule has 0 aromatic heterocycles. The Morgan fingerprint density at radius 2 is 1.89 bits per heavy atom. The zero-order chi connectivity index (χ0) is 13.1. The zero-order valence-corrected chi connectivity index (χ0v) is 10.2. The van der Waals surface area contributed by atoms with Crippen LogP contribution in [0.3, 0.4) is 0 Å². The van der Waals surface area contributed by atoms with Gasteiger partial charge in [0.05, 0.1) is 18.4 Å². The van der Waals surface area contributed by atoms with Crippen molar-refractivity contribution in [1.82, 2.24) is 10.4 Å². The first-order chi connectivity index (χ1) is 8.65. The molecule has 3 amide bonds. The first-order valence-electron chi connectivity index (χ1n) is 6.06. The number of carbonyl (C=O) groups is 3. The van der Waals surface area contributed by atoms with E-state index < -0.39 is 5.91 Å². The predicted molar refractivity (Wildman–Crippen MR) is 61.8 cm³/mol. The van der Waals surface area contributed by atoms with Crippen LogP contribution in [0.4, 0.5) is 0 Å². The number of hydrogen-bond donors (Lipinski definition) is 1. The Labute approximate surface area is 105 Å². The molecule has 6 heteroatoms. The second-order valence-corrected chi connectivity index (χ2v) is 4.38. The Bertz CT molecular complexity index is 379. The van der Waals surface area contributed by atoms with E-state index in [4.69, 9.17) is 4.84 Å². The van der Waals surface area contributed by atoms with Crippen LogP contribution in [0.5, 0.6) is 0 Å². The smallest absolute Gasteiger partial charge is 0.263 e. The van der Waals surface area contributed by atoms with E-state index in [1.165, 1.54) is 0 Å². The summed E-state index contributed by atoms with van der Waals surface area (Å²) in [7, 11) is 0. The number of hydrogen-bond acceptors (Lipinski definition) is 4. The highest BCUT2D eigenvalue weighted by molar-refractivity contribution is 6.07. The Morgan fingerprint density at radius 1 is 1.33 bits per heavy atom. The van der Waals surface area contributed by atoms with E-state index in [1.54, 1.807) is 6.92 Å². The van der Waals surface area contributed by atoms with E-state index in [0.717, 1.165) is 4.90 Å². The van der Waals surface area contributed by atoms with Crippen LogP contribution in [0.25, 0.3) is 0 Å². The van der Waals surface area contributed by atoms with Gasteiger partial charge < -0.3 is 0 Å². The number of allylic oxidation sites excluding steroid dienone is 2. The molecule has 0 aromatic rings. The lowest BCUT2D eigenvalue weighted by molar-refractivity contribution is -0.147. The lowest BCUT2D eigenvalue weighted by atomic mass is 9.85. The van der Waals surface area contributed by atoms with Crippen molar-refractivity contribution >= 4 is 17.7 Å². The maximum Gasteiger partial charge on any atom is 0.263 e. The summed E-state index contributed by atoms with van der Waals surface area (Å²) in [6.45, 7) is 1.81. The van der Waals surface area contributed by atoms with Crippen LogP contribution in [-0.4, -0.2) is 35.8 Å². The highest BCUT2D eigenvalue weighted by atomic mass is 16.6. The third-order valence-electron chi connectivity index (χ3n) is 3.23. The van der Waals surface area contributed by atoms with Crippen molar-refractivity contribution in [2.45, 2.75) is 19.8 Å². The van der Waals surface area contributed by atoms with Crippen molar-refractivity contribution in [3.8, 4) is 0 Å². The summed E-state index contributed by atoms with van der Waals surface area (Å²) in [5, 5.41) is 0. The molecule has 6 nitrogen and oxygen atoms in total. The number of nitrogens with zero attached hydrogens (tertiary/aromatic N) is 1. The van der Waals surface area contributed by atoms with Crippen LogP contribution < -0.4 is 5.48 Å². The van der Waals surface area contributed by atoms with E-state index in [-0.39, 0.29) is 30.2 Å². The molecule has 0 saturated carbocycles. The summed E-state index contributed by atoms with van der Waals surface area (Å²) in [6.07, 6.45) is 4.99. The summed E-state index contributed by atoms with van der Waals surface area (Å²) in [5.41, 5.74) is 2.18.